The molecule has 0 aliphatic carbocycles. The molecule has 1 aliphatic heterocycles. The van der Waals surface area contributed by atoms with E-state index in [1.165, 1.54) is 4.90 Å². The van der Waals surface area contributed by atoms with E-state index in [0.29, 0.717) is 43.2 Å². The van der Waals surface area contributed by atoms with Crippen LogP contribution in [-0.2, 0) is 4.79 Å². The zero-order valence-electron chi connectivity index (χ0n) is 15.6. The standard InChI is InChI=1S/C21H25N3O3/c1-2-27-19-11-7-6-10-18(19)22-20(25)16-23-12-14-24(15-13-23)21(26)17-8-4-3-5-9-17/h3-11H,2,12-16H2,1H3,(H,22,25)/p+1. The fourth-order valence-corrected chi connectivity index (χ4v) is 3.24. The van der Waals surface area contributed by atoms with Crippen LogP contribution in [0.5, 0.6) is 5.75 Å². The molecule has 0 atom stereocenters. The Morgan fingerprint density at radius 2 is 1.70 bits per heavy atom. The van der Waals surface area contributed by atoms with E-state index < -0.39 is 0 Å². The molecule has 142 valence electrons. The zero-order valence-corrected chi connectivity index (χ0v) is 15.6. The number of carbonyl (C=O) groups is 2. The lowest BCUT2D eigenvalue weighted by Crippen LogP contribution is -3.15. The van der Waals surface area contributed by atoms with Crippen LogP contribution in [0.3, 0.4) is 0 Å². The molecule has 1 saturated heterocycles. The number of carbonyl (C=O) groups excluding carboxylic acids is 2. The Morgan fingerprint density at radius 3 is 2.41 bits per heavy atom. The fourth-order valence-electron chi connectivity index (χ4n) is 3.24. The molecule has 2 aromatic rings. The van der Waals surface area contributed by atoms with Crippen molar-refractivity contribution in [2.24, 2.45) is 0 Å². The van der Waals surface area contributed by atoms with Gasteiger partial charge in [0.05, 0.1) is 38.5 Å². The van der Waals surface area contributed by atoms with Gasteiger partial charge in [0.15, 0.2) is 6.54 Å². The lowest BCUT2D eigenvalue weighted by Gasteiger charge is -2.32. The lowest BCUT2D eigenvalue weighted by molar-refractivity contribution is -0.895. The Hall–Kier alpha value is -2.86. The van der Waals surface area contributed by atoms with Crippen molar-refractivity contribution in [3.8, 4) is 5.75 Å². The SMILES string of the molecule is CCOc1ccccc1NC(=O)C[NH+]1CCN(C(=O)c2ccccc2)CC1. The van der Waals surface area contributed by atoms with Gasteiger partial charge in [0.2, 0.25) is 0 Å². The molecule has 2 aromatic carbocycles. The summed E-state index contributed by atoms with van der Waals surface area (Å²) < 4.78 is 5.54. The van der Waals surface area contributed by atoms with Crippen molar-refractivity contribution < 1.29 is 19.2 Å². The number of hydrogen-bond donors (Lipinski definition) is 2. The summed E-state index contributed by atoms with van der Waals surface area (Å²) in [6, 6.07) is 16.8. The Labute approximate surface area is 159 Å². The van der Waals surface area contributed by atoms with Crippen LogP contribution >= 0.6 is 0 Å². The highest BCUT2D eigenvalue weighted by molar-refractivity contribution is 5.94. The average Bonchev–Trinajstić information content (AvgIpc) is 2.70. The van der Waals surface area contributed by atoms with Gasteiger partial charge in [-0.2, -0.15) is 0 Å². The van der Waals surface area contributed by atoms with Gasteiger partial charge in [0.25, 0.3) is 11.8 Å². The summed E-state index contributed by atoms with van der Waals surface area (Å²) in [6.07, 6.45) is 0. The number of para-hydroxylation sites is 2. The van der Waals surface area contributed by atoms with E-state index in [2.05, 4.69) is 5.32 Å². The minimum Gasteiger partial charge on any atom is -0.492 e. The maximum absolute atomic E-state index is 12.5. The highest BCUT2D eigenvalue weighted by atomic mass is 16.5. The van der Waals surface area contributed by atoms with Gasteiger partial charge in [-0.1, -0.05) is 30.3 Å². The smallest absolute Gasteiger partial charge is 0.279 e. The first-order valence-electron chi connectivity index (χ1n) is 9.37. The second kappa shape index (κ2) is 9.19. The van der Waals surface area contributed by atoms with Gasteiger partial charge in [-0.05, 0) is 31.2 Å². The third-order valence-electron chi connectivity index (χ3n) is 4.65. The molecule has 0 aromatic heterocycles. The van der Waals surface area contributed by atoms with Crippen molar-refractivity contribution in [3.63, 3.8) is 0 Å². The summed E-state index contributed by atoms with van der Waals surface area (Å²) in [7, 11) is 0. The van der Waals surface area contributed by atoms with E-state index >= 15 is 0 Å². The number of nitrogens with zero attached hydrogens (tertiary/aromatic N) is 1. The molecule has 0 unspecified atom stereocenters. The molecule has 3 rings (SSSR count). The summed E-state index contributed by atoms with van der Waals surface area (Å²) >= 11 is 0. The molecule has 1 fully saturated rings. The molecule has 0 radical (unpaired) electrons. The van der Waals surface area contributed by atoms with Crippen LogP contribution in [0.1, 0.15) is 17.3 Å². The molecule has 6 nitrogen and oxygen atoms in total. The molecule has 1 aliphatic rings. The third-order valence-corrected chi connectivity index (χ3v) is 4.65. The van der Waals surface area contributed by atoms with E-state index in [1.807, 2.05) is 66.4 Å². The van der Waals surface area contributed by atoms with Gasteiger partial charge in [-0.3, -0.25) is 9.59 Å². The quantitative estimate of drug-likeness (QED) is 0.802. The molecule has 2 amide bonds. The first-order valence-corrected chi connectivity index (χ1v) is 9.37. The van der Waals surface area contributed by atoms with Crippen LogP contribution in [-0.4, -0.2) is 56.0 Å². The second-order valence-electron chi connectivity index (χ2n) is 6.56. The van der Waals surface area contributed by atoms with Crippen molar-refractivity contribution in [2.75, 3.05) is 44.6 Å². The predicted octanol–water partition coefficient (Wildman–Crippen LogP) is 1.06. The van der Waals surface area contributed by atoms with Crippen molar-refractivity contribution in [2.45, 2.75) is 6.92 Å². The molecule has 27 heavy (non-hydrogen) atoms. The van der Waals surface area contributed by atoms with Gasteiger partial charge in [-0.15, -0.1) is 0 Å². The van der Waals surface area contributed by atoms with Crippen molar-refractivity contribution in [1.29, 1.82) is 0 Å². The Balaban J connectivity index is 1.49. The van der Waals surface area contributed by atoms with Gasteiger partial charge < -0.3 is 19.9 Å². The van der Waals surface area contributed by atoms with Crippen molar-refractivity contribution >= 4 is 17.5 Å². The molecule has 1 heterocycles. The minimum absolute atomic E-state index is 0.0417. The molecular formula is C21H26N3O3+. The average molecular weight is 368 g/mol. The van der Waals surface area contributed by atoms with E-state index in [0.717, 1.165) is 13.1 Å². The number of rotatable bonds is 6. The van der Waals surface area contributed by atoms with Crippen LogP contribution in [0, 0.1) is 0 Å². The predicted molar refractivity (Wildman–Crippen MR) is 104 cm³/mol. The number of benzene rings is 2. The summed E-state index contributed by atoms with van der Waals surface area (Å²) in [5, 5.41) is 2.94. The maximum atomic E-state index is 12.5. The van der Waals surface area contributed by atoms with E-state index in [1.54, 1.807) is 0 Å². The lowest BCUT2D eigenvalue weighted by atomic mass is 10.2. The van der Waals surface area contributed by atoms with E-state index in [4.69, 9.17) is 4.74 Å². The number of ether oxygens (including phenoxy) is 1. The Kier molecular flexibility index (Phi) is 6.44. The van der Waals surface area contributed by atoms with Gasteiger partial charge in [-0.25, -0.2) is 0 Å². The van der Waals surface area contributed by atoms with Crippen LogP contribution in [0.25, 0.3) is 0 Å². The number of piperazine rings is 1. The fraction of sp³-hybridized carbons (Fsp3) is 0.333. The van der Waals surface area contributed by atoms with Crippen molar-refractivity contribution in [3.05, 3.63) is 60.2 Å². The molecule has 0 saturated carbocycles. The Bertz CT molecular complexity index is 771. The van der Waals surface area contributed by atoms with Crippen LogP contribution in [0.2, 0.25) is 0 Å². The largest absolute Gasteiger partial charge is 0.492 e. The monoisotopic (exact) mass is 368 g/mol. The summed E-state index contributed by atoms with van der Waals surface area (Å²) in [5.74, 6) is 0.700. The third kappa shape index (κ3) is 5.08. The first-order chi connectivity index (χ1) is 13.2. The van der Waals surface area contributed by atoms with E-state index in [9.17, 15) is 9.59 Å². The molecule has 6 heteroatoms. The zero-order chi connectivity index (χ0) is 19.1. The van der Waals surface area contributed by atoms with Crippen LogP contribution < -0.4 is 15.0 Å². The second-order valence-corrected chi connectivity index (χ2v) is 6.56. The topological polar surface area (TPSA) is 63.1 Å². The van der Waals surface area contributed by atoms with Crippen molar-refractivity contribution in [1.82, 2.24) is 4.90 Å². The number of nitrogens with one attached hydrogen (secondary N) is 2. The van der Waals surface area contributed by atoms with Crippen LogP contribution in [0.4, 0.5) is 5.69 Å². The van der Waals surface area contributed by atoms with Gasteiger partial charge in [0.1, 0.15) is 5.75 Å². The van der Waals surface area contributed by atoms with E-state index in [-0.39, 0.29) is 11.8 Å². The minimum atomic E-state index is -0.0417. The number of anilines is 1. The maximum Gasteiger partial charge on any atom is 0.279 e. The summed E-state index contributed by atoms with van der Waals surface area (Å²) in [5.41, 5.74) is 1.41. The first kappa shape index (κ1) is 18.9. The highest BCUT2D eigenvalue weighted by Gasteiger charge is 2.26. The normalized spacial score (nSPS) is 14.6. The number of amides is 2. The molecular weight excluding hydrogens is 342 g/mol. The molecule has 0 bridgehead atoms. The molecule has 2 N–H and O–H groups in total. The number of quaternary nitrogens is 1. The Morgan fingerprint density at radius 1 is 1.04 bits per heavy atom. The molecule has 0 spiro atoms. The van der Waals surface area contributed by atoms with Gasteiger partial charge >= 0.3 is 0 Å². The number of hydrogen-bond acceptors (Lipinski definition) is 3. The van der Waals surface area contributed by atoms with Crippen LogP contribution in [0.15, 0.2) is 54.6 Å². The van der Waals surface area contributed by atoms with Gasteiger partial charge in [0, 0.05) is 5.56 Å². The summed E-state index contributed by atoms with van der Waals surface area (Å²) in [4.78, 5) is 27.9. The summed E-state index contributed by atoms with van der Waals surface area (Å²) in [6.45, 7) is 5.69. The highest BCUT2D eigenvalue weighted by Crippen LogP contribution is 2.23.